The smallest absolute Gasteiger partial charge is 0.311 e. The molecule has 0 fully saturated rings. The molecule has 1 atom stereocenters. The molecule has 1 aliphatic heterocycles. The molecule has 0 bridgehead atoms. The first-order valence-electron chi connectivity index (χ1n) is 6.72. The third-order valence-electron chi connectivity index (χ3n) is 3.88. The van der Waals surface area contributed by atoms with Crippen LogP contribution in [0.4, 0.5) is 15.9 Å². The predicted octanol–water partition coefficient (Wildman–Crippen LogP) is 3.25. The molecule has 108 valence electrons. The van der Waals surface area contributed by atoms with Gasteiger partial charge in [0.25, 0.3) is 0 Å². The molecular weight excluding hydrogens is 273 g/mol. The van der Waals surface area contributed by atoms with Gasteiger partial charge in [-0.25, -0.2) is 9.37 Å². The maximum atomic E-state index is 13.5. The molecule has 6 heteroatoms. The zero-order valence-electron chi connectivity index (χ0n) is 11.5. The van der Waals surface area contributed by atoms with E-state index in [2.05, 4.69) is 4.98 Å². The second-order valence-electron chi connectivity index (χ2n) is 5.07. The molecule has 0 amide bonds. The first-order valence-corrected chi connectivity index (χ1v) is 6.72. The number of fused-ring (bicyclic) bond motifs is 1. The standard InChI is InChI=1S/C15H14FN3O2/c1-10-13-9-12(16)5-4-11(13)6-8-18(10)15-14(19(20)21)3-2-7-17-15/h2-5,7,9-10H,6,8H2,1H3. The van der Waals surface area contributed by atoms with Gasteiger partial charge < -0.3 is 4.90 Å². The summed E-state index contributed by atoms with van der Waals surface area (Å²) in [5.74, 6) is 0.0443. The minimum absolute atomic E-state index is 0.0239. The Hall–Kier alpha value is -2.50. The summed E-state index contributed by atoms with van der Waals surface area (Å²) < 4.78 is 13.5. The minimum atomic E-state index is -0.434. The number of anilines is 1. The Labute approximate surface area is 121 Å². The Balaban J connectivity index is 2.04. The Morgan fingerprint density at radius 2 is 2.24 bits per heavy atom. The van der Waals surface area contributed by atoms with Gasteiger partial charge in [0.05, 0.1) is 11.0 Å². The second-order valence-corrected chi connectivity index (χ2v) is 5.07. The molecule has 2 heterocycles. The number of hydrogen-bond donors (Lipinski definition) is 0. The van der Waals surface area contributed by atoms with Gasteiger partial charge in [-0.15, -0.1) is 0 Å². The molecule has 0 saturated carbocycles. The summed E-state index contributed by atoms with van der Waals surface area (Å²) in [4.78, 5) is 16.7. The van der Waals surface area contributed by atoms with Crippen molar-refractivity contribution in [1.29, 1.82) is 0 Å². The number of pyridine rings is 1. The van der Waals surface area contributed by atoms with E-state index in [1.807, 2.05) is 11.8 Å². The molecule has 0 aliphatic carbocycles. The quantitative estimate of drug-likeness (QED) is 0.628. The van der Waals surface area contributed by atoms with E-state index in [1.54, 1.807) is 12.1 Å². The zero-order valence-corrected chi connectivity index (χ0v) is 11.5. The minimum Gasteiger partial charge on any atom is -0.344 e. The van der Waals surface area contributed by atoms with Crippen molar-refractivity contribution in [3.63, 3.8) is 0 Å². The van der Waals surface area contributed by atoms with Crippen molar-refractivity contribution in [3.8, 4) is 0 Å². The molecular formula is C15H14FN3O2. The highest BCUT2D eigenvalue weighted by molar-refractivity contribution is 5.60. The fraction of sp³-hybridized carbons (Fsp3) is 0.267. The van der Waals surface area contributed by atoms with Gasteiger partial charge in [0.2, 0.25) is 5.82 Å². The summed E-state index contributed by atoms with van der Waals surface area (Å²) in [6.07, 6.45) is 2.25. The average molecular weight is 287 g/mol. The van der Waals surface area contributed by atoms with E-state index < -0.39 is 4.92 Å². The molecule has 0 saturated heterocycles. The normalized spacial score (nSPS) is 17.4. The highest BCUT2D eigenvalue weighted by Crippen LogP contribution is 2.36. The number of hydrogen-bond acceptors (Lipinski definition) is 4. The van der Waals surface area contributed by atoms with Crippen molar-refractivity contribution >= 4 is 11.5 Å². The summed E-state index contributed by atoms with van der Waals surface area (Å²) in [5, 5.41) is 11.1. The third-order valence-corrected chi connectivity index (χ3v) is 3.88. The Morgan fingerprint density at radius 1 is 1.43 bits per heavy atom. The maximum Gasteiger partial charge on any atom is 0.311 e. The van der Waals surface area contributed by atoms with E-state index >= 15 is 0 Å². The van der Waals surface area contributed by atoms with E-state index in [-0.39, 0.29) is 17.5 Å². The van der Waals surface area contributed by atoms with Crippen molar-refractivity contribution < 1.29 is 9.31 Å². The van der Waals surface area contributed by atoms with Crippen molar-refractivity contribution in [1.82, 2.24) is 4.98 Å². The van der Waals surface area contributed by atoms with Gasteiger partial charge in [-0.2, -0.15) is 0 Å². The van der Waals surface area contributed by atoms with Crippen LogP contribution in [0.3, 0.4) is 0 Å². The molecule has 1 aromatic carbocycles. The van der Waals surface area contributed by atoms with Crippen LogP contribution in [-0.2, 0) is 6.42 Å². The van der Waals surface area contributed by atoms with Crippen LogP contribution in [0, 0.1) is 15.9 Å². The lowest BCUT2D eigenvalue weighted by Gasteiger charge is -2.35. The Bertz CT molecular complexity index is 705. The number of nitro groups is 1. The fourth-order valence-electron chi connectivity index (χ4n) is 2.83. The number of halogens is 1. The van der Waals surface area contributed by atoms with Gasteiger partial charge in [0.1, 0.15) is 5.82 Å². The zero-order chi connectivity index (χ0) is 15.0. The van der Waals surface area contributed by atoms with Gasteiger partial charge in [0, 0.05) is 18.8 Å². The third kappa shape index (κ3) is 2.33. The van der Waals surface area contributed by atoms with Crippen molar-refractivity contribution in [3.05, 3.63) is 63.6 Å². The van der Waals surface area contributed by atoms with Crippen LogP contribution in [-0.4, -0.2) is 16.5 Å². The van der Waals surface area contributed by atoms with Gasteiger partial charge >= 0.3 is 5.69 Å². The van der Waals surface area contributed by atoms with Crippen molar-refractivity contribution in [2.24, 2.45) is 0 Å². The maximum absolute atomic E-state index is 13.5. The van der Waals surface area contributed by atoms with Crippen LogP contribution in [0.1, 0.15) is 24.1 Å². The lowest BCUT2D eigenvalue weighted by Crippen LogP contribution is -2.35. The van der Waals surface area contributed by atoms with Crippen molar-refractivity contribution in [2.45, 2.75) is 19.4 Å². The molecule has 21 heavy (non-hydrogen) atoms. The lowest BCUT2D eigenvalue weighted by molar-refractivity contribution is -0.384. The van der Waals surface area contributed by atoms with E-state index in [4.69, 9.17) is 0 Å². The van der Waals surface area contributed by atoms with E-state index in [0.717, 1.165) is 11.1 Å². The van der Waals surface area contributed by atoms with Crippen molar-refractivity contribution in [2.75, 3.05) is 11.4 Å². The monoisotopic (exact) mass is 287 g/mol. The van der Waals surface area contributed by atoms with Crippen LogP contribution in [0.25, 0.3) is 0 Å². The summed E-state index contributed by atoms with van der Waals surface area (Å²) in [6, 6.07) is 7.56. The lowest BCUT2D eigenvalue weighted by atomic mass is 9.93. The number of nitrogens with zero attached hydrogens (tertiary/aromatic N) is 3. The van der Waals surface area contributed by atoms with Gasteiger partial charge in [0.15, 0.2) is 0 Å². The molecule has 1 aliphatic rings. The summed E-state index contributed by atoms with van der Waals surface area (Å²) >= 11 is 0. The molecule has 3 rings (SSSR count). The molecule has 2 aromatic rings. The number of rotatable bonds is 2. The van der Waals surface area contributed by atoms with Crippen LogP contribution in [0.2, 0.25) is 0 Å². The van der Waals surface area contributed by atoms with E-state index in [9.17, 15) is 14.5 Å². The van der Waals surface area contributed by atoms with Crippen LogP contribution >= 0.6 is 0 Å². The number of aromatic nitrogens is 1. The topological polar surface area (TPSA) is 59.3 Å². The summed E-state index contributed by atoms with van der Waals surface area (Å²) in [7, 11) is 0. The molecule has 1 unspecified atom stereocenters. The van der Waals surface area contributed by atoms with E-state index in [1.165, 1.54) is 24.4 Å². The Kier molecular flexibility index (Phi) is 3.29. The Morgan fingerprint density at radius 3 is 3.00 bits per heavy atom. The predicted molar refractivity (Wildman–Crippen MR) is 76.8 cm³/mol. The average Bonchev–Trinajstić information content (AvgIpc) is 2.48. The highest BCUT2D eigenvalue weighted by Gasteiger charge is 2.29. The van der Waals surface area contributed by atoms with Crippen LogP contribution < -0.4 is 4.90 Å². The van der Waals surface area contributed by atoms with E-state index in [0.29, 0.717) is 18.8 Å². The fourth-order valence-corrected chi connectivity index (χ4v) is 2.83. The summed E-state index contributed by atoms with van der Waals surface area (Å²) in [5.41, 5.74) is 1.92. The first kappa shape index (κ1) is 13.5. The largest absolute Gasteiger partial charge is 0.344 e. The first-order chi connectivity index (χ1) is 10.1. The molecule has 0 spiro atoms. The van der Waals surface area contributed by atoms with Gasteiger partial charge in [-0.1, -0.05) is 6.07 Å². The molecule has 0 radical (unpaired) electrons. The summed E-state index contributed by atoms with van der Waals surface area (Å²) in [6.45, 7) is 2.54. The van der Waals surface area contributed by atoms with Gasteiger partial charge in [-0.05, 0) is 42.7 Å². The highest BCUT2D eigenvalue weighted by atomic mass is 19.1. The number of benzene rings is 1. The van der Waals surface area contributed by atoms with Crippen LogP contribution in [0.15, 0.2) is 36.5 Å². The molecule has 5 nitrogen and oxygen atoms in total. The van der Waals surface area contributed by atoms with Crippen LogP contribution in [0.5, 0.6) is 0 Å². The molecule has 1 aromatic heterocycles. The molecule has 0 N–H and O–H groups in total. The van der Waals surface area contributed by atoms with Gasteiger partial charge in [-0.3, -0.25) is 10.1 Å². The second kappa shape index (κ2) is 5.12. The SMILES string of the molecule is CC1c2cc(F)ccc2CCN1c1ncccc1[N+](=O)[O-].